The van der Waals surface area contributed by atoms with Crippen LogP contribution in [0.15, 0.2) is 42.5 Å². The largest absolute Gasteiger partial charge is 0.508 e. The Labute approximate surface area is 98.7 Å². The van der Waals surface area contributed by atoms with Gasteiger partial charge in [-0.3, -0.25) is 0 Å². The van der Waals surface area contributed by atoms with E-state index in [0.29, 0.717) is 6.54 Å². The van der Waals surface area contributed by atoms with Crippen molar-refractivity contribution in [3.63, 3.8) is 0 Å². The van der Waals surface area contributed by atoms with Crippen LogP contribution in [0.2, 0.25) is 0 Å². The van der Waals surface area contributed by atoms with Crippen molar-refractivity contribution in [3.05, 3.63) is 53.8 Å². The number of nitrogen functional groups attached to an aromatic ring is 1. The molecule has 0 spiro atoms. The van der Waals surface area contributed by atoms with Crippen LogP contribution in [0.1, 0.15) is 5.56 Å². The van der Waals surface area contributed by atoms with Gasteiger partial charge in [0.15, 0.2) is 0 Å². The van der Waals surface area contributed by atoms with Gasteiger partial charge in [0.2, 0.25) is 0 Å². The highest BCUT2D eigenvalue weighted by atomic mass is 19.1. The maximum absolute atomic E-state index is 12.9. The number of benzene rings is 2. The lowest BCUT2D eigenvalue weighted by molar-refractivity contribution is 0.475. The molecule has 0 aromatic heterocycles. The van der Waals surface area contributed by atoms with Gasteiger partial charge in [-0.05, 0) is 42.0 Å². The molecule has 0 unspecified atom stereocenters. The van der Waals surface area contributed by atoms with E-state index in [1.165, 1.54) is 6.07 Å². The summed E-state index contributed by atoms with van der Waals surface area (Å²) in [6.07, 6.45) is 0. The van der Waals surface area contributed by atoms with E-state index in [4.69, 9.17) is 10.8 Å². The van der Waals surface area contributed by atoms with Crippen molar-refractivity contribution in [2.24, 2.45) is 0 Å². The lowest BCUT2D eigenvalue weighted by atomic mass is 10.2. The van der Waals surface area contributed by atoms with Gasteiger partial charge in [-0.15, -0.1) is 0 Å². The number of nitrogens with two attached hydrogens (primary N) is 1. The van der Waals surface area contributed by atoms with Crippen LogP contribution < -0.4 is 11.1 Å². The van der Waals surface area contributed by atoms with E-state index in [0.717, 1.165) is 11.3 Å². The highest BCUT2D eigenvalue weighted by Crippen LogP contribution is 2.16. The first-order valence-electron chi connectivity index (χ1n) is 5.22. The molecular weight excluding hydrogens is 219 g/mol. The van der Waals surface area contributed by atoms with Crippen LogP contribution in [0.25, 0.3) is 0 Å². The van der Waals surface area contributed by atoms with Crippen LogP contribution >= 0.6 is 0 Å². The molecule has 0 atom stereocenters. The first kappa shape index (κ1) is 11.3. The summed E-state index contributed by atoms with van der Waals surface area (Å²) >= 11 is 0. The van der Waals surface area contributed by atoms with Gasteiger partial charge in [0.05, 0.1) is 5.69 Å². The fourth-order valence-electron chi connectivity index (χ4n) is 1.49. The number of rotatable bonds is 3. The molecule has 4 N–H and O–H groups in total. The number of nitrogens with one attached hydrogen (secondary N) is 1. The Hall–Kier alpha value is -2.23. The summed E-state index contributed by atoms with van der Waals surface area (Å²) in [5, 5.41) is 12.3. The predicted octanol–water partition coefficient (Wildman–Crippen LogP) is 2.73. The molecule has 0 bridgehead atoms. The molecule has 0 saturated heterocycles. The highest BCUT2D eigenvalue weighted by Gasteiger charge is 1.99. The maximum Gasteiger partial charge on any atom is 0.146 e. The summed E-state index contributed by atoms with van der Waals surface area (Å²) in [4.78, 5) is 0. The van der Waals surface area contributed by atoms with Crippen molar-refractivity contribution < 1.29 is 9.50 Å². The fraction of sp³-hybridized carbons (Fsp3) is 0.0769. The quantitative estimate of drug-likeness (QED) is 0.563. The molecule has 2 aromatic rings. The zero-order valence-corrected chi connectivity index (χ0v) is 9.15. The molecule has 0 amide bonds. The zero-order chi connectivity index (χ0) is 12.3. The first-order valence-corrected chi connectivity index (χ1v) is 5.22. The van der Waals surface area contributed by atoms with E-state index in [-0.39, 0.29) is 11.4 Å². The van der Waals surface area contributed by atoms with Crippen molar-refractivity contribution >= 4 is 11.4 Å². The minimum absolute atomic E-state index is 0.148. The summed E-state index contributed by atoms with van der Waals surface area (Å²) in [7, 11) is 0. The first-order chi connectivity index (χ1) is 8.15. The van der Waals surface area contributed by atoms with Gasteiger partial charge in [-0.1, -0.05) is 6.07 Å². The number of hydrogen-bond acceptors (Lipinski definition) is 3. The molecule has 2 rings (SSSR count). The Kier molecular flexibility index (Phi) is 3.14. The SMILES string of the molecule is Nc1cc(CNc2ccc(O)cc2)ccc1F. The average Bonchev–Trinajstić information content (AvgIpc) is 2.33. The number of phenolic OH excluding ortho intramolecular Hbond substituents is 1. The summed E-state index contributed by atoms with van der Waals surface area (Å²) in [6.45, 7) is 0.551. The van der Waals surface area contributed by atoms with Crippen molar-refractivity contribution in [2.45, 2.75) is 6.54 Å². The minimum Gasteiger partial charge on any atom is -0.508 e. The van der Waals surface area contributed by atoms with E-state index in [1.54, 1.807) is 36.4 Å². The van der Waals surface area contributed by atoms with Gasteiger partial charge in [-0.2, -0.15) is 0 Å². The summed E-state index contributed by atoms with van der Waals surface area (Å²) in [5.74, 6) is -0.181. The number of halogens is 1. The van der Waals surface area contributed by atoms with Crippen LogP contribution in [0, 0.1) is 5.82 Å². The summed E-state index contributed by atoms with van der Waals surface area (Å²) in [6, 6.07) is 11.4. The zero-order valence-electron chi connectivity index (χ0n) is 9.15. The molecule has 3 nitrogen and oxygen atoms in total. The molecule has 0 radical (unpaired) electrons. The van der Waals surface area contributed by atoms with E-state index < -0.39 is 5.82 Å². The van der Waals surface area contributed by atoms with Crippen LogP contribution in [0.3, 0.4) is 0 Å². The standard InChI is InChI=1S/C13H13FN2O/c14-12-6-1-9(7-13(12)15)8-16-10-2-4-11(17)5-3-10/h1-7,16-17H,8,15H2. The smallest absolute Gasteiger partial charge is 0.146 e. The molecule has 0 aliphatic carbocycles. The van der Waals surface area contributed by atoms with Crippen LogP contribution in [0.4, 0.5) is 15.8 Å². The van der Waals surface area contributed by atoms with Crippen LogP contribution in [0.5, 0.6) is 5.75 Å². The third-order valence-electron chi connectivity index (χ3n) is 2.42. The Morgan fingerprint density at radius 1 is 1.12 bits per heavy atom. The molecule has 0 aliphatic heterocycles. The Morgan fingerprint density at radius 3 is 2.47 bits per heavy atom. The third kappa shape index (κ3) is 2.87. The van der Waals surface area contributed by atoms with Crippen molar-refractivity contribution in [2.75, 3.05) is 11.1 Å². The number of hydrogen-bond donors (Lipinski definition) is 3. The number of aromatic hydroxyl groups is 1. The molecule has 0 heterocycles. The van der Waals surface area contributed by atoms with Gasteiger partial charge >= 0.3 is 0 Å². The predicted molar refractivity (Wildman–Crippen MR) is 66.2 cm³/mol. The van der Waals surface area contributed by atoms with Crippen LogP contribution in [-0.2, 0) is 6.54 Å². The fourth-order valence-corrected chi connectivity index (χ4v) is 1.49. The monoisotopic (exact) mass is 232 g/mol. The molecular formula is C13H13FN2O. The van der Waals surface area contributed by atoms with Crippen molar-refractivity contribution in [3.8, 4) is 5.75 Å². The molecule has 0 saturated carbocycles. The van der Waals surface area contributed by atoms with Gasteiger partial charge in [0, 0.05) is 12.2 Å². The van der Waals surface area contributed by atoms with Gasteiger partial charge in [-0.25, -0.2) is 4.39 Å². The number of anilines is 2. The molecule has 0 aliphatic rings. The van der Waals surface area contributed by atoms with E-state index in [1.807, 2.05) is 0 Å². The van der Waals surface area contributed by atoms with Gasteiger partial charge in [0.25, 0.3) is 0 Å². The topological polar surface area (TPSA) is 58.3 Å². The van der Waals surface area contributed by atoms with Crippen molar-refractivity contribution in [1.82, 2.24) is 0 Å². The van der Waals surface area contributed by atoms with E-state index in [9.17, 15) is 4.39 Å². The Bertz CT molecular complexity index is 511. The van der Waals surface area contributed by atoms with Crippen molar-refractivity contribution in [1.29, 1.82) is 0 Å². The molecule has 2 aromatic carbocycles. The maximum atomic E-state index is 12.9. The molecule has 4 heteroatoms. The molecule has 0 fully saturated rings. The van der Waals surface area contributed by atoms with E-state index in [2.05, 4.69) is 5.32 Å². The Balaban J connectivity index is 2.02. The Morgan fingerprint density at radius 2 is 1.82 bits per heavy atom. The summed E-state index contributed by atoms with van der Waals surface area (Å²) in [5.41, 5.74) is 7.40. The lowest BCUT2D eigenvalue weighted by Gasteiger charge is -2.07. The third-order valence-corrected chi connectivity index (χ3v) is 2.42. The summed E-state index contributed by atoms with van der Waals surface area (Å²) < 4.78 is 12.9. The minimum atomic E-state index is -0.404. The average molecular weight is 232 g/mol. The van der Waals surface area contributed by atoms with Crippen LogP contribution in [-0.4, -0.2) is 5.11 Å². The lowest BCUT2D eigenvalue weighted by Crippen LogP contribution is -2.00. The molecule has 17 heavy (non-hydrogen) atoms. The van der Waals surface area contributed by atoms with Gasteiger partial charge in [0.1, 0.15) is 11.6 Å². The van der Waals surface area contributed by atoms with E-state index >= 15 is 0 Å². The van der Waals surface area contributed by atoms with Gasteiger partial charge < -0.3 is 16.2 Å². The second-order valence-corrected chi connectivity index (χ2v) is 3.76. The highest BCUT2D eigenvalue weighted by molar-refractivity contribution is 5.48. The number of phenols is 1. The normalized spacial score (nSPS) is 10.2. The molecule has 88 valence electrons. The second kappa shape index (κ2) is 4.74. The second-order valence-electron chi connectivity index (χ2n) is 3.76.